The molecule has 9 nitrogen and oxygen atoms in total. The van der Waals surface area contributed by atoms with E-state index in [1.165, 1.54) is 4.90 Å². The summed E-state index contributed by atoms with van der Waals surface area (Å²) in [5.41, 5.74) is 1.48. The molecule has 2 N–H and O–H groups in total. The first kappa shape index (κ1) is 25.9. The Morgan fingerprint density at radius 2 is 1.78 bits per heavy atom. The lowest BCUT2D eigenvalue weighted by molar-refractivity contribution is -0.136. The highest BCUT2D eigenvalue weighted by Crippen LogP contribution is 2.35. The van der Waals surface area contributed by atoms with Gasteiger partial charge in [0.15, 0.2) is 0 Å². The van der Waals surface area contributed by atoms with Crippen LogP contribution in [0.4, 0.5) is 10.5 Å². The lowest BCUT2D eigenvalue weighted by Gasteiger charge is -2.28. The molecule has 0 bridgehead atoms. The van der Waals surface area contributed by atoms with Gasteiger partial charge in [-0.15, -0.1) is 0 Å². The molecule has 1 aliphatic heterocycles. The fourth-order valence-electron chi connectivity index (χ4n) is 4.57. The first-order valence-electron chi connectivity index (χ1n) is 12.2. The number of carbonyl (C=O) groups excluding carboxylic acids is 3. The summed E-state index contributed by atoms with van der Waals surface area (Å²) in [4.78, 5) is 45.0. The molecule has 0 saturated carbocycles. The zero-order chi connectivity index (χ0) is 26.6. The molecule has 2 unspecified atom stereocenters. The van der Waals surface area contributed by atoms with Crippen LogP contribution in [-0.4, -0.2) is 59.6 Å². The van der Waals surface area contributed by atoms with Crippen molar-refractivity contribution in [2.75, 3.05) is 25.5 Å². The third kappa shape index (κ3) is 6.17. The summed E-state index contributed by atoms with van der Waals surface area (Å²) >= 11 is 0. The van der Waals surface area contributed by atoms with Gasteiger partial charge in [0, 0.05) is 24.0 Å². The molecule has 37 heavy (non-hydrogen) atoms. The Kier molecular flexibility index (Phi) is 7.61. The maximum atomic E-state index is 13.7. The predicted molar refractivity (Wildman–Crippen MR) is 140 cm³/mol. The second-order valence-electron chi connectivity index (χ2n) is 9.93. The van der Waals surface area contributed by atoms with Crippen molar-refractivity contribution < 1.29 is 23.9 Å². The molecule has 0 radical (unpaired) electrons. The summed E-state index contributed by atoms with van der Waals surface area (Å²) < 4.78 is 10.5. The number of hydrogen-bond donors (Lipinski definition) is 2. The molecule has 2 atom stereocenters. The van der Waals surface area contributed by atoms with Crippen LogP contribution in [0.25, 0.3) is 10.9 Å². The number of anilines is 1. The average molecular weight is 505 g/mol. The van der Waals surface area contributed by atoms with Crippen molar-refractivity contribution in [1.82, 2.24) is 15.2 Å². The van der Waals surface area contributed by atoms with Gasteiger partial charge in [0.25, 0.3) is 0 Å². The average Bonchev–Trinajstić information content (AvgIpc) is 3.32. The molecule has 0 aliphatic carbocycles. The predicted octanol–water partition coefficient (Wildman–Crippen LogP) is 4.09. The van der Waals surface area contributed by atoms with E-state index in [-0.39, 0.29) is 24.3 Å². The van der Waals surface area contributed by atoms with Gasteiger partial charge in [-0.05, 0) is 57.0 Å². The van der Waals surface area contributed by atoms with Gasteiger partial charge in [-0.1, -0.05) is 30.3 Å². The van der Waals surface area contributed by atoms with Crippen molar-refractivity contribution in [2.45, 2.75) is 44.8 Å². The first-order valence-corrected chi connectivity index (χ1v) is 12.2. The van der Waals surface area contributed by atoms with E-state index >= 15 is 0 Å². The number of para-hydroxylation sites is 1. The van der Waals surface area contributed by atoms with Crippen LogP contribution in [0.1, 0.15) is 38.7 Å². The van der Waals surface area contributed by atoms with E-state index in [1.54, 1.807) is 40.1 Å². The Bertz CT molecular complexity index is 1280. The molecule has 2 heterocycles. The number of methoxy groups -OCH3 is 1. The van der Waals surface area contributed by atoms with E-state index in [0.29, 0.717) is 29.9 Å². The van der Waals surface area contributed by atoms with E-state index < -0.39 is 17.7 Å². The summed E-state index contributed by atoms with van der Waals surface area (Å²) in [6.45, 7) is 5.34. The maximum Gasteiger partial charge on any atom is 0.408 e. The molecule has 1 aromatic heterocycles. The van der Waals surface area contributed by atoms with Crippen LogP contribution >= 0.6 is 0 Å². The van der Waals surface area contributed by atoms with Gasteiger partial charge in [-0.25, -0.2) is 4.79 Å². The number of rotatable bonds is 6. The molecule has 194 valence electrons. The van der Waals surface area contributed by atoms with Gasteiger partial charge < -0.3 is 25.0 Å². The van der Waals surface area contributed by atoms with Gasteiger partial charge in [-0.2, -0.15) is 0 Å². The van der Waals surface area contributed by atoms with Crippen LogP contribution in [0.3, 0.4) is 0 Å². The molecule has 1 aliphatic rings. The van der Waals surface area contributed by atoms with Crippen molar-refractivity contribution in [1.29, 1.82) is 0 Å². The number of nitrogens with one attached hydrogen (secondary N) is 2. The molecule has 3 aromatic rings. The molecule has 2 aromatic carbocycles. The highest BCUT2D eigenvalue weighted by molar-refractivity contribution is 6.04. The summed E-state index contributed by atoms with van der Waals surface area (Å²) in [5, 5.41) is 6.40. The number of carbonyl (C=O) groups is 3. The largest absolute Gasteiger partial charge is 0.497 e. The lowest BCUT2D eigenvalue weighted by atomic mass is 9.91. The molecule has 1 saturated heterocycles. The zero-order valence-electron chi connectivity index (χ0n) is 21.5. The van der Waals surface area contributed by atoms with Gasteiger partial charge >= 0.3 is 6.09 Å². The number of nitrogens with zero attached hydrogens (tertiary/aromatic N) is 2. The quantitative estimate of drug-likeness (QED) is 0.523. The van der Waals surface area contributed by atoms with Crippen LogP contribution in [0.2, 0.25) is 0 Å². The number of alkyl carbamates (subject to hydrolysis) is 1. The van der Waals surface area contributed by atoms with Crippen LogP contribution in [0, 0.1) is 0 Å². The Labute approximate surface area is 216 Å². The normalized spacial score (nSPS) is 17.4. The number of fused-ring (bicyclic) bond motifs is 1. The summed E-state index contributed by atoms with van der Waals surface area (Å²) in [5.74, 6) is -0.210. The van der Waals surface area contributed by atoms with E-state index in [1.807, 2.05) is 48.5 Å². The maximum absolute atomic E-state index is 13.7. The van der Waals surface area contributed by atoms with E-state index in [9.17, 15) is 14.4 Å². The Morgan fingerprint density at radius 1 is 1.05 bits per heavy atom. The molecule has 9 heteroatoms. The number of hydrogen-bond acceptors (Lipinski definition) is 6. The van der Waals surface area contributed by atoms with E-state index in [0.717, 1.165) is 10.9 Å². The third-order valence-corrected chi connectivity index (χ3v) is 6.20. The smallest absolute Gasteiger partial charge is 0.408 e. The second-order valence-corrected chi connectivity index (χ2v) is 9.93. The Hall–Kier alpha value is -4.14. The number of pyridine rings is 1. The number of likely N-dealkylation sites (tertiary alicyclic amines) is 1. The number of amides is 3. The molecular weight excluding hydrogens is 472 g/mol. The first-order chi connectivity index (χ1) is 17.7. The highest BCUT2D eigenvalue weighted by atomic mass is 16.6. The third-order valence-electron chi connectivity index (χ3n) is 6.20. The van der Waals surface area contributed by atoms with Crippen LogP contribution in [-0.2, 0) is 14.3 Å². The highest BCUT2D eigenvalue weighted by Gasteiger charge is 2.42. The topological polar surface area (TPSA) is 110 Å². The summed E-state index contributed by atoms with van der Waals surface area (Å²) in [7, 11) is 1.59. The van der Waals surface area contributed by atoms with Gasteiger partial charge in [0.2, 0.25) is 11.8 Å². The zero-order valence-corrected chi connectivity index (χ0v) is 21.5. The Balaban J connectivity index is 1.58. The summed E-state index contributed by atoms with van der Waals surface area (Å²) in [6, 6.07) is 16.1. The van der Waals surface area contributed by atoms with E-state index in [4.69, 9.17) is 9.47 Å². The fraction of sp³-hybridized carbons (Fsp3) is 0.357. The lowest BCUT2D eigenvalue weighted by Crippen LogP contribution is -2.49. The minimum atomic E-state index is -0.778. The number of ether oxygens (including phenoxy) is 2. The monoisotopic (exact) mass is 504 g/mol. The summed E-state index contributed by atoms with van der Waals surface area (Å²) in [6.07, 6.45) is 1.58. The van der Waals surface area contributed by atoms with E-state index in [2.05, 4.69) is 15.6 Å². The van der Waals surface area contributed by atoms with Crippen molar-refractivity contribution in [3.63, 3.8) is 0 Å². The van der Waals surface area contributed by atoms with Gasteiger partial charge in [-0.3, -0.25) is 14.6 Å². The van der Waals surface area contributed by atoms with Crippen molar-refractivity contribution in [3.8, 4) is 5.75 Å². The van der Waals surface area contributed by atoms with Gasteiger partial charge in [0.05, 0.1) is 18.3 Å². The standard InChI is InChI=1S/C28H32N4O5/c1-28(2,3)37-27(35)30-17-23(33)32-16-14-21(18-10-12-20(36-4)13-11-18)25(32)26(34)31-22-9-5-7-19-8-6-15-29-24(19)22/h5-13,15,21,25H,14,16-17H2,1-4H3,(H,30,35)(H,31,34). The molecular formula is C28H32N4O5. The van der Waals surface area contributed by atoms with Crippen molar-refractivity contribution in [3.05, 3.63) is 66.4 Å². The SMILES string of the molecule is COc1ccc(C2CCN(C(=O)CNC(=O)OC(C)(C)C)C2C(=O)Nc2cccc3cccnc23)cc1. The number of aromatic nitrogens is 1. The minimum absolute atomic E-state index is 0.237. The van der Waals surface area contributed by atoms with Crippen LogP contribution < -0.4 is 15.4 Å². The Morgan fingerprint density at radius 3 is 2.49 bits per heavy atom. The van der Waals surface area contributed by atoms with Crippen LogP contribution in [0.15, 0.2) is 60.8 Å². The molecule has 4 rings (SSSR count). The van der Waals surface area contributed by atoms with Crippen molar-refractivity contribution >= 4 is 34.5 Å². The van der Waals surface area contributed by atoms with Crippen molar-refractivity contribution in [2.24, 2.45) is 0 Å². The molecule has 1 fully saturated rings. The molecule has 0 spiro atoms. The van der Waals surface area contributed by atoms with Gasteiger partial charge in [0.1, 0.15) is 23.9 Å². The number of benzene rings is 2. The molecule has 3 amide bonds. The fourth-order valence-corrected chi connectivity index (χ4v) is 4.57. The second kappa shape index (κ2) is 10.9. The minimum Gasteiger partial charge on any atom is -0.497 e. The van der Waals surface area contributed by atoms with Crippen LogP contribution in [0.5, 0.6) is 5.75 Å².